The van der Waals surface area contributed by atoms with Crippen molar-refractivity contribution in [1.82, 2.24) is 20.3 Å². The molecule has 0 radical (unpaired) electrons. The fourth-order valence-electron chi connectivity index (χ4n) is 1.24. The summed E-state index contributed by atoms with van der Waals surface area (Å²) >= 11 is 0. The fraction of sp³-hybridized carbons (Fsp3) is 0.727. The zero-order valence-electron chi connectivity index (χ0n) is 10.9. The molecule has 0 aromatic carbocycles. The zero-order chi connectivity index (χ0) is 13.1. The summed E-state index contributed by atoms with van der Waals surface area (Å²) in [6.07, 6.45) is 2.61. The van der Waals surface area contributed by atoms with Crippen LogP contribution in [0.15, 0.2) is 6.20 Å². The Morgan fingerprint density at radius 1 is 1.65 bits per heavy atom. The lowest BCUT2D eigenvalue weighted by Gasteiger charge is -2.13. The molecule has 0 saturated heterocycles. The molecule has 1 aromatic rings. The van der Waals surface area contributed by atoms with Gasteiger partial charge in [-0.15, -0.1) is 5.10 Å². The van der Waals surface area contributed by atoms with Gasteiger partial charge in [-0.2, -0.15) is 0 Å². The highest BCUT2D eigenvalue weighted by Gasteiger charge is 2.18. The predicted octanol–water partition coefficient (Wildman–Crippen LogP) is 0.387. The first kappa shape index (κ1) is 13.6. The first-order valence-electron chi connectivity index (χ1n) is 5.81. The molecule has 1 heterocycles. The molecule has 0 fully saturated rings. The minimum atomic E-state index is -0.536. The Bertz CT molecular complexity index is 379. The Morgan fingerprint density at radius 3 is 2.76 bits per heavy atom. The summed E-state index contributed by atoms with van der Waals surface area (Å²) in [7, 11) is 0. The maximum absolute atomic E-state index is 11.6. The van der Waals surface area contributed by atoms with Gasteiger partial charge in [0.15, 0.2) is 0 Å². The van der Waals surface area contributed by atoms with Crippen LogP contribution in [-0.4, -0.2) is 26.9 Å². The van der Waals surface area contributed by atoms with Crippen molar-refractivity contribution in [1.29, 1.82) is 0 Å². The molecule has 96 valence electrons. The van der Waals surface area contributed by atoms with Gasteiger partial charge in [-0.05, 0) is 27.2 Å². The van der Waals surface area contributed by atoms with Crippen molar-refractivity contribution in [3.63, 3.8) is 0 Å². The van der Waals surface area contributed by atoms with Crippen LogP contribution in [0.25, 0.3) is 0 Å². The highest BCUT2D eigenvalue weighted by Crippen LogP contribution is 2.12. The summed E-state index contributed by atoms with van der Waals surface area (Å²) in [6, 6.07) is 0.177. The molecule has 1 unspecified atom stereocenters. The van der Waals surface area contributed by atoms with Gasteiger partial charge >= 0.3 is 0 Å². The number of amides is 1. The highest BCUT2D eigenvalue weighted by molar-refractivity contribution is 5.75. The van der Waals surface area contributed by atoms with Gasteiger partial charge in [0, 0.05) is 6.04 Å². The van der Waals surface area contributed by atoms with Gasteiger partial charge in [0.2, 0.25) is 5.91 Å². The summed E-state index contributed by atoms with van der Waals surface area (Å²) in [5, 5.41) is 10.7. The zero-order valence-corrected chi connectivity index (χ0v) is 10.9. The Hall–Kier alpha value is -1.43. The van der Waals surface area contributed by atoms with Crippen molar-refractivity contribution in [2.45, 2.75) is 52.2 Å². The standard InChI is InChI=1S/C11H21N5O/c1-5-8(2)13-10(17)7-16-6-9(14-15-16)11(3,4)12/h6,8H,5,7,12H2,1-4H3,(H,13,17). The number of carbonyl (C=O) groups is 1. The van der Waals surface area contributed by atoms with Crippen LogP contribution in [0, 0.1) is 0 Å². The Labute approximate surface area is 102 Å². The monoisotopic (exact) mass is 239 g/mol. The first-order valence-corrected chi connectivity index (χ1v) is 5.81. The summed E-state index contributed by atoms with van der Waals surface area (Å²) in [6.45, 7) is 7.86. The topological polar surface area (TPSA) is 85.8 Å². The molecule has 3 N–H and O–H groups in total. The van der Waals surface area contributed by atoms with Crippen LogP contribution >= 0.6 is 0 Å². The maximum Gasteiger partial charge on any atom is 0.242 e. The van der Waals surface area contributed by atoms with Crippen molar-refractivity contribution < 1.29 is 4.79 Å². The van der Waals surface area contributed by atoms with E-state index in [9.17, 15) is 4.79 Å². The number of carbonyl (C=O) groups excluding carboxylic acids is 1. The Kier molecular flexibility index (Phi) is 4.22. The number of hydrogen-bond acceptors (Lipinski definition) is 4. The van der Waals surface area contributed by atoms with Crippen molar-refractivity contribution >= 4 is 5.91 Å². The predicted molar refractivity (Wildman–Crippen MR) is 65.1 cm³/mol. The molecule has 1 aromatic heterocycles. The number of aromatic nitrogens is 3. The van der Waals surface area contributed by atoms with Crippen LogP contribution < -0.4 is 11.1 Å². The average Bonchev–Trinajstić information content (AvgIpc) is 2.65. The minimum Gasteiger partial charge on any atom is -0.352 e. The van der Waals surface area contributed by atoms with Crippen molar-refractivity contribution in [2.24, 2.45) is 5.73 Å². The molecule has 6 nitrogen and oxygen atoms in total. The number of nitrogens with zero attached hydrogens (tertiary/aromatic N) is 3. The minimum absolute atomic E-state index is 0.0642. The summed E-state index contributed by atoms with van der Waals surface area (Å²) in [5.41, 5.74) is 6.03. The second kappa shape index (κ2) is 5.27. The molecular weight excluding hydrogens is 218 g/mol. The molecule has 0 aliphatic heterocycles. The third-order valence-corrected chi connectivity index (χ3v) is 2.52. The maximum atomic E-state index is 11.6. The van der Waals surface area contributed by atoms with Gasteiger partial charge in [-0.1, -0.05) is 12.1 Å². The normalized spacial score (nSPS) is 13.5. The van der Waals surface area contributed by atoms with E-state index >= 15 is 0 Å². The average molecular weight is 239 g/mol. The number of hydrogen-bond donors (Lipinski definition) is 2. The molecule has 0 aliphatic carbocycles. The van der Waals surface area contributed by atoms with Crippen molar-refractivity contribution in [3.05, 3.63) is 11.9 Å². The SMILES string of the molecule is CCC(C)NC(=O)Cn1cc(C(C)(C)N)nn1. The van der Waals surface area contributed by atoms with E-state index in [1.165, 1.54) is 4.68 Å². The molecule has 0 bridgehead atoms. The second-order valence-electron chi connectivity index (χ2n) is 4.90. The van der Waals surface area contributed by atoms with Gasteiger partial charge in [-0.25, -0.2) is 4.68 Å². The van der Waals surface area contributed by atoms with Crippen LogP contribution in [0.3, 0.4) is 0 Å². The third-order valence-electron chi connectivity index (χ3n) is 2.52. The van der Waals surface area contributed by atoms with Crippen LogP contribution in [0.2, 0.25) is 0 Å². The van der Waals surface area contributed by atoms with E-state index in [0.29, 0.717) is 5.69 Å². The van der Waals surface area contributed by atoms with Crippen molar-refractivity contribution in [3.8, 4) is 0 Å². The Morgan fingerprint density at radius 2 is 2.29 bits per heavy atom. The largest absolute Gasteiger partial charge is 0.352 e. The quantitative estimate of drug-likeness (QED) is 0.778. The first-order chi connectivity index (χ1) is 7.82. The van der Waals surface area contributed by atoms with E-state index in [0.717, 1.165) is 6.42 Å². The lowest BCUT2D eigenvalue weighted by atomic mass is 10.0. The highest BCUT2D eigenvalue weighted by atomic mass is 16.2. The fourth-order valence-corrected chi connectivity index (χ4v) is 1.24. The van der Waals surface area contributed by atoms with Crippen LogP contribution in [-0.2, 0) is 16.9 Å². The summed E-state index contributed by atoms with van der Waals surface area (Å²) < 4.78 is 1.50. The summed E-state index contributed by atoms with van der Waals surface area (Å²) in [5.74, 6) is -0.0642. The van der Waals surface area contributed by atoms with E-state index in [2.05, 4.69) is 15.6 Å². The smallest absolute Gasteiger partial charge is 0.242 e. The van der Waals surface area contributed by atoms with Gasteiger partial charge in [0.05, 0.1) is 11.7 Å². The van der Waals surface area contributed by atoms with E-state index in [1.54, 1.807) is 6.20 Å². The number of nitrogens with one attached hydrogen (secondary N) is 1. The van der Waals surface area contributed by atoms with Gasteiger partial charge < -0.3 is 11.1 Å². The molecule has 0 spiro atoms. The third kappa shape index (κ3) is 4.14. The molecule has 17 heavy (non-hydrogen) atoms. The molecule has 1 rings (SSSR count). The van der Waals surface area contributed by atoms with Crippen LogP contribution in [0.4, 0.5) is 0 Å². The lowest BCUT2D eigenvalue weighted by molar-refractivity contribution is -0.122. The number of rotatable bonds is 5. The van der Waals surface area contributed by atoms with Crippen LogP contribution in [0.5, 0.6) is 0 Å². The van der Waals surface area contributed by atoms with E-state index in [1.807, 2.05) is 27.7 Å². The summed E-state index contributed by atoms with van der Waals surface area (Å²) in [4.78, 5) is 11.6. The van der Waals surface area contributed by atoms with Gasteiger partial charge in [-0.3, -0.25) is 4.79 Å². The second-order valence-corrected chi connectivity index (χ2v) is 4.90. The molecule has 1 amide bonds. The van der Waals surface area contributed by atoms with Crippen LogP contribution in [0.1, 0.15) is 39.8 Å². The molecule has 0 aliphatic rings. The van der Waals surface area contributed by atoms with E-state index in [4.69, 9.17) is 5.73 Å². The molecular formula is C11H21N5O. The Balaban J connectivity index is 2.58. The molecule has 1 atom stereocenters. The number of nitrogens with two attached hydrogens (primary N) is 1. The van der Waals surface area contributed by atoms with E-state index < -0.39 is 5.54 Å². The van der Waals surface area contributed by atoms with Crippen molar-refractivity contribution in [2.75, 3.05) is 0 Å². The lowest BCUT2D eigenvalue weighted by Crippen LogP contribution is -2.34. The molecule has 0 saturated carbocycles. The van der Waals surface area contributed by atoms with Gasteiger partial charge in [0.25, 0.3) is 0 Å². The van der Waals surface area contributed by atoms with Gasteiger partial charge in [0.1, 0.15) is 12.2 Å². The van der Waals surface area contributed by atoms with E-state index in [-0.39, 0.29) is 18.5 Å². The molecule has 6 heteroatoms.